The Morgan fingerprint density at radius 2 is 1.29 bits per heavy atom. The van der Waals surface area contributed by atoms with Crippen LogP contribution in [0.4, 0.5) is 17.6 Å². The lowest BCUT2D eigenvalue weighted by Crippen LogP contribution is -2.47. The Balaban J connectivity index is 1.43. The molecule has 24 heavy (non-hydrogen) atoms. The number of nitrogens with zero attached hydrogens (tertiary/aromatic N) is 7. The number of aryl methyl sites for hydroxylation is 1. The van der Waals surface area contributed by atoms with Gasteiger partial charge in [-0.1, -0.05) is 0 Å². The molecule has 0 spiro atoms. The molecule has 2 saturated heterocycles. The summed E-state index contributed by atoms with van der Waals surface area (Å²) in [4.78, 5) is 24.9. The second-order valence-electron chi connectivity index (χ2n) is 6.35. The second-order valence-corrected chi connectivity index (χ2v) is 6.35. The highest BCUT2D eigenvalue weighted by Crippen LogP contribution is 2.21. The molecule has 0 aromatic carbocycles. The standard InChI is InChI=1S/C17H23N7/c1-14-18-6-4-15(20-14)23-10-12-24(13-11-23)17-19-7-5-16(21-17)22-8-2-3-9-22/h4-7H,2-3,8-13H2,1H3. The molecule has 0 radical (unpaired) electrons. The van der Waals surface area contributed by atoms with Crippen LogP contribution in [0.5, 0.6) is 0 Å². The lowest BCUT2D eigenvalue weighted by atomic mass is 10.3. The van der Waals surface area contributed by atoms with Crippen LogP contribution in [-0.4, -0.2) is 59.2 Å². The molecule has 0 saturated carbocycles. The van der Waals surface area contributed by atoms with Crippen molar-refractivity contribution in [3.05, 3.63) is 30.4 Å². The molecule has 2 aliphatic heterocycles. The summed E-state index contributed by atoms with van der Waals surface area (Å²) in [5, 5.41) is 0. The third-order valence-corrected chi connectivity index (χ3v) is 4.71. The van der Waals surface area contributed by atoms with Gasteiger partial charge in [-0.05, 0) is 31.9 Å². The summed E-state index contributed by atoms with van der Waals surface area (Å²) in [5.41, 5.74) is 0. The van der Waals surface area contributed by atoms with E-state index < -0.39 is 0 Å². The minimum atomic E-state index is 0.816. The SMILES string of the molecule is Cc1nccc(N2CCN(c3nccc(N4CCCC4)n3)CC2)n1. The van der Waals surface area contributed by atoms with Crippen molar-refractivity contribution in [1.82, 2.24) is 19.9 Å². The van der Waals surface area contributed by atoms with E-state index in [2.05, 4.69) is 29.7 Å². The van der Waals surface area contributed by atoms with Gasteiger partial charge in [0, 0.05) is 51.7 Å². The fourth-order valence-corrected chi connectivity index (χ4v) is 3.37. The topological polar surface area (TPSA) is 61.3 Å². The van der Waals surface area contributed by atoms with Crippen LogP contribution >= 0.6 is 0 Å². The van der Waals surface area contributed by atoms with Crippen LogP contribution in [0.1, 0.15) is 18.7 Å². The number of aromatic nitrogens is 4. The van der Waals surface area contributed by atoms with E-state index in [0.717, 1.165) is 62.7 Å². The molecule has 0 aliphatic carbocycles. The lowest BCUT2D eigenvalue weighted by Gasteiger charge is -2.35. The van der Waals surface area contributed by atoms with Crippen molar-refractivity contribution in [2.75, 3.05) is 54.0 Å². The number of piperazine rings is 1. The van der Waals surface area contributed by atoms with E-state index in [4.69, 9.17) is 4.98 Å². The molecule has 0 bridgehead atoms. The molecule has 2 aromatic rings. The Bertz CT molecular complexity index is 691. The van der Waals surface area contributed by atoms with Crippen molar-refractivity contribution < 1.29 is 0 Å². The zero-order chi connectivity index (χ0) is 16.4. The van der Waals surface area contributed by atoms with Crippen molar-refractivity contribution in [3.63, 3.8) is 0 Å². The number of anilines is 3. The van der Waals surface area contributed by atoms with Gasteiger partial charge in [-0.3, -0.25) is 0 Å². The van der Waals surface area contributed by atoms with Gasteiger partial charge in [-0.25, -0.2) is 15.0 Å². The van der Waals surface area contributed by atoms with Crippen LogP contribution in [0.25, 0.3) is 0 Å². The zero-order valence-electron chi connectivity index (χ0n) is 14.1. The minimum Gasteiger partial charge on any atom is -0.356 e. The van der Waals surface area contributed by atoms with Crippen LogP contribution in [0.3, 0.4) is 0 Å². The molecule has 2 aliphatic rings. The van der Waals surface area contributed by atoms with E-state index in [-0.39, 0.29) is 0 Å². The predicted octanol–water partition coefficient (Wildman–Crippen LogP) is 1.50. The molecule has 4 heterocycles. The van der Waals surface area contributed by atoms with Gasteiger partial charge in [0.1, 0.15) is 17.5 Å². The highest BCUT2D eigenvalue weighted by Gasteiger charge is 2.21. The maximum Gasteiger partial charge on any atom is 0.227 e. The number of rotatable bonds is 3. The van der Waals surface area contributed by atoms with Gasteiger partial charge in [0.05, 0.1) is 0 Å². The summed E-state index contributed by atoms with van der Waals surface area (Å²) < 4.78 is 0. The molecule has 7 heteroatoms. The van der Waals surface area contributed by atoms with Gasteiger partial charge in [-0.15, -0.1) is 0 Å². The van der Waals surface area contributed by atoms with Crippen molar-refractivity contribution in [2.45, 2.75) is 19.8 Å². The molecular formula is C17H23N7. The summed E-state index contributed by atoms with van der Waals surface area (Å²) in [5.74, 6) is 3.73. The van der Waals surface area contributed by atoms with Gasteiger partial charge in [-0.2, -0.15) is 4.98 Å². The van der Waals surface area contributed by atoms with Gasteiger partial charge in [0.25, 0.3) is 0 Å². The van der Waals surface area contributed by atoms with Crippen LogP contribution in [0, 0.1) is 6.92 Å². The summed E-state index contributed by atoms with van der Waals surface area (Å²) in [6.45, 7) is 7.81. The van der Waals surface area contributed by atoms with Crippen LogP contribution in [0.15, 0.2) is 24.5 Å². The summed E-state index contributed by atoms with van der Waals surface area (Å²) in [7, 11) is 0. The normalized spacial score (nSPS) is 18.3. The fourth-order valence-electron chi connectivity index (χ4n) is 3.37. The van der Waals surface area contributed by atoms with Gasteiger partial charge < -0.3 is 14.7 Å². The average Bonchev–Trinajstić information content (AvgIpc) is 3.17. The van der Waals surface area contributed by atoms with Gasteiger partial charge in [0.15, 0.2) is 0 Å². The molecular weight excluding hydrogens is 302 g/mol. The Labute approximate surface area is 142 Å². The van der Waals surface area contributed by atoms with E-state index in [9.17, 15) is 0 Å². The van der Waals surface area contributed by atoms with Crippen molar-refractivity contribution in [2.24, 2.45) is 0 Å². The minimum absolute atomic E-state index is 0.816. The third kappa shape index (κ3) is 3.11. The van der Waals surface area contributed by atoms with E-state index in [1.165, 1.54) is 12.8 Å². The monoisotopic (exact) mass is 325 g/mol. The molecule has 2 fully saturated rings. The molecule has 0 N–H and O–H groups in total. The molecule has 2 aromatic heterocycles. The maximum absolute atomic E-state index is 4.79. The average molecular weight is 325 g/mol. The molecule has 0 unspecified atom stereocenters. The first kappa shape index (κ1) is 15.1. The van der Waals surface area contributed by atoms with Crippen LogP contribution in [-0.2, 0) is 0 Å². The van der Waals surface area contributed by atoms with E-state index >= 15 is 0 Å². The second kappa shape index (κ2) is 6.59. The summed E-state index contributed by atoms with van der Waals surface area (Å²) in [6, 6.07) is 4.00. The third-order valence-electron chi connectivity index (χ3n) is 4.71. The Morgan fingerprint density at radius 3 is 2.00 bits per heavy atom. The van der Waals surface area contributed by atoms with Gasteiger partial charge >= 0.3 is 0 Å². The molecule has 0 atom stereocenters. The van der Waals surface area contributed by atoms with Crippen molar-refractivity contribution >= 4 is 17.6 Å². The largest absolute Gasteiger partial charge is 0.356 e. The molecule has 126 valence electrons. The smallest absolute Gasteiger partial charge is 0.227 e. The number of hydrogen-bond acceptors (Lipinski definition) is 7. The van der Waals surface area contributed by atoms with E-state index in [1.54, 1.807) is 0 Å². The first-order valence-corrected chi connectivity index (χ1v) is 8.67. The van der Waals surface area contributed by atoms with Crippen molar-refractivity contribution in [1.29, 1.82) is 0 Å². The lowest BCUT2D eigenvalue weighted by molar-refractivity contribution is 0.632. The van der Waals surface area contributed by atoms with Crippen molar-refractivity contribution in [3.8, 4) is 0 Å². The van der Waals surface area contributed by atoms with Crippen LogP contribution < -0.4 is 14.7 Å². The Kier molecular flexibility index (Phi) is 4.15. The van der Waals surface area contributed by atoms with E-state index in [1.807, 2.05) is 31.5 Å². The van der Waals surface area contributed by atoms with Gasteiger partial charge in [0.2, 0.25) is 5.95 Å². The Morgan fingerprint density at radius 1 is 0.708 bits per heavy atom. The van der Waals surface area contributed by atoms with E-state index in [0.29, 0.717) is 0 Å². The fraction of sp³-hybridized carbons (Fsp3) is 0.529. The molecule has 4 rings (SSSR count). The molecule has 0 amide bonds. The number of hydrogen-bond donors (Lipinski definition) is 0. The summed E-state index contributed by atoms with van der Waals surface area (Å²) in [6.07, 6.45) is 6.23. The Hall–Kier alpha value is -2.44. The predicted molar refractivity (Wildman–Crippen MR) is 94.7 cm³/mol. The first-order chi connectivity index (χ1) is 11.8. The highest BCUT2D eigenvalue weighted by molar-refractivity contribution is 5.46. The van der Waals surface area contributed by atoms with Crippen LogP contribution in [0.2, 0.25) is 0 Å². The molecule has 7 nitrogen and oxygen atoms in total. The zero-order valence-corrected chi connectivity index (χ0v) is 14.1. The quantitative estimate of drug-likeness (QED) is 0.847. The summed E-state index contributed by atoms with van der Waals surface area (Å²) >= 11 is 0. The maximum atomic E-state index is 4.79. The highest BCUT2D eigenvalue weighted by atomic mass is 15.3. The first-order valence-electron chi connectivity index (χ1n) is 8.67.